The summed E-state index contributed by atoms with van der Waals surface area (Å²) in [6.45, 7) is 17.4. The molecular formula is C22H32O4. The number of aliphatic carboxylic acids is 1. The molecule has 4 heteroatoms. The summed E-state index contributed by atoms with van der Waals surface area (Å²) in [5.41, 5.74) is 0.964. The molecule has 26 heavy (non-hydrogen) atoms. The van der Waals surface area contributed by atoms with E-state index in [1.54, 1.807) is 13.0 Å². The first-order valence-corrected chi connectivity index (χ1v) is 9.45. The molecule has 0 aliphatic heterocycles. The lowest BCUT2D eigenvalue weighted by atomic mass is 9.46. The highest BCUT2D eigenvalue weighted by Gasteiger charge is 2.62. The normalized spacial score (nSPS) is 36.7. The smallest absolute Gasteiger partial charge is 0.313 e. The van der Waals surface area contributed by atoms with Crippen LogP contribution in [0.5, 0.6) is 0 Å². The number of rotatable bonds is 6. The van der Waals surface area contributed by atoms with E-state index in [0.717, 1.165) is 37.7 Å². The molecule has 0 unspecified atom stereocenters. The first-order valence-electron chi connectivity index (χ1n) is 9.45. The van der Waals surface area contributed by atoms with Crippen LogP contribution in [0.1, 0.15) is 59.3 Å². The maximum Gasteiger partial charge on any atom is 0.313 e. The van der Waals surface area contributed by atoms with Crippen LogP contribution in [0.3, 0.4) is 0 Å². The third-order valence-corrected chi connectivity index (χ3v) is 6.99. The second-order valence-corrected chi connectivity index (χ2v) is 8.43. The van der Waals surface area contributed by atoms with Crippen LogP contribution in [-0.2, 0) is 14.3 Å². The Kier molecular flexibility index (Phi) is 5.84. The minimum Gasteiger partial charge on any atom is -0.481 e. The van der Waals surface area contributed by atoms with E-state index in [9.17, 15) is 14.7 Å². The predicted molar refractivity (Wildman–Crippen MR) is 103 cm³/mol. The number of ether oxygens (including phenoxy) is 1. The van der Waals surface area contributed by atoms with E-state index < -0.39 is 23.5 Å². The van der Waals surface area contributed by atoms with Crippen molar-refractivity contribution >= 4 is 11.9 Å². The molecule has 1 N–H and O–H groups in total. The molecule has 2 saturated carbocycles. The molecule has 2 rings (SSSR count). The molecular weight excluding hydrogens is 328 g/mol. The molecule has 0 heterocycles. The van der Waals surface area contributed by atoms with Gasteiger partial charge in [0.05, 0.1) is 0 Å². The van der Waals surface area contributed by atoms with E-state index in [0.29, 0.717) is 6.42 Å². The molecule has 4 nitrogen and oxygen atoms in total. The van der Waals surface area contributed by atoms with Gasteiger partial charge in [0.2, 0.25) is 0 Å². The van der Waals surface area contributed by atoms with Crippen molar-refractivity contribution in [3.05, 3.63) is 37.0 Å². The molecule has 2 aliphatic rings. The number of carboxylic acids is 1. The van der Waals surface area contributed by atoms with Gasteiger partial charge in [-0.2, -0.15) is 0 Å². The first-order chi connectivity index (χ1) is 12.1. The van der Waals surface area contributed by atoms with Gasteiger partial charge in [0.25, 0.3) is 0 Å². The minimum absolute atomic E-state index is 0.0573. The molecule has 0 bridgehead atoms. The molecule has 0 saturated heterocycles. The molecule has 0 aromatic heterocycles. The fourth-order valence-corrected chi connectivity index (χ4v) is 5.48. The third-order valence-electron chi connectivity index (χ3n) is 6.99. The summed E-state index contributed by atoms with van der Waals surface area (Å²) in [6, 6.07) is 0. The lowest BCUT2D eigenvalue weighted by molar-refractivity contribution is -0.194. The van der Waals surface area contributed by atoms with Crippen LogP contribution in [0.15, 0.2) is 37.0 Å². The molecule has 0 radical (unpaired) electrons. The number of carbonyl (C=O) groups is 2. The molecule has 0 amide bonds. The first kappa shape index (κ1) is 20.5. The van der Waals surface area contributed by atoms with Crippen molar-refractivity contribution in [2.75, 3.05) is 0 Å². The highest BCUT2D eigenvalue weighted by atomic mass is 16.5. The van der Waals surface area contributed by atoms with Crippen LogP contribution in [0.4, 0.5) is 0 Å². The molecule has 0 aromatic rings. The van der Waals surface area contributed by atoms with Crippen molar-refractivity contribution in [2.45, 2.75) is 65.4 Å². The molecule has 144 valence electrons. The third kappa shape index (κ3) is 3.38. The summed E-state index contributed by atoms with van der Waals surface area (Å²) < 4.78 is 5.47. The van der Waals surface area contributed by atoms with Gasteiger partial charge in [-0.15, -0.1) is 0 Å². The van der Waals surface area contributed by atoms with E-state index in [-0.39, 0.29) is 17.3 Å². The van der Waals surface area contributed by atoms with Crippen LogP contribution in [0.2, 0.25) is 0 Å². The van der Waals surface area contributed by atoms with Crippen LogP contribution < -0.4 is 0 Å². The Bertz CT molecular complexity index is 634. The minimum atomic E-state index is -1.08. The van der Waals surface area contributed by atoms with Gasteiger partial charge in [-0.3, -0.25) is 9.59 Å². The fourth-order valence-electron chi connectivity index (χ4n) is 5.48. The Morgan fingerprint density at radius 1 is 1.35 bits per heavy atom. The average Bonchev–Trinajstić information content (AvgIpc) is 2.56. The summed E-state index contributed by atoms with van der Waals surface area (Å²) in [5, 5.41) is 10.1. The average molecular weight is 360 g/mol. The fraction of sp³-hybridized carbons (Fsp3) is 0.636. The Hall–Kier alpha value is -1.84. The number of carboxylic acid groups (broad SMARTS) is 1. The quantitative estimate of drug-likeness (QED) is 0.415. The van der Waals surface area contributed by atoms with Gasteiger partial charge >= 0.3 is 11.9 Å². The summed E-state index contributed by atoms with van der Waals surface area (Å²) in [4.78, 5) is 23.9. The monoisotopic (exact) mass is 360 g/mol. The zero-order valence-corrected chi connectivity index (χ0v) is 16.3. The Morgan fingerprint density at radius 3 is 2.54 bits per heavy atom. The summed E-state index contributed by atoms with van der Waals surface area (Å²) in [5.74, 6) is -1.10. The number of allylic oxidation sites excluding steroid dienone is 3. The number of esters is 1. The topological polar surface area (TPSA) is 63.6 Å². The number of hydrogen-bond donors (Lipinski definition) is 1. The van der Waals surface area contributed by atoms with E-state index in [1.807, 2.05) is 0 Å². The van der Waals surface area contributed by atoms with Crippen molar-refractivity contribution in [3.63, 3.8) is 0 Å². The molecule has 5 atom stereocenters. The van der Waals surface area contributed by atoms with Crippen molar-refractivity contribution < 1.29 is 19.4 Å². The zero-order chi connectivity index (χ0) is 19.7. The second kappa shape index (κ2) is 7.42. The van der Waals surface area contributed by atoms with E-state index in [1.165, 1.54) is 12.5 Å². The summed E-state index contributed by atoms with van der Waals surface area (Å²) in [7, 11) is 0. The van der Waals surface area contributed by atoms with Crippen LogP contribution >= 0.6 is 0 Å². The van der Waals surface area contributed by atoms with Gasteiger partial charge in [0.1, 0.15) is 11.5 Å². The van der Waals surface area contributed by atoms with Gasteiger partial charge in [0.15, 0.2) is 0 Å². The van der Waals surface area contributed by atoms with E-state index in [2.05, 4.69) is 26.7 Å². The maximum absolute atomic E-state index is 12.3. The lowest BCUT2D eigenvalue weighted by Crippen LogP contribution is -2.60. The zero-order valence-electron chi connectivity index (χ0n) is 16.3. The molecule has 2 fully saturated rings. The SMILES string of the molecule is C=CC(=C)CC[C@H]1C(=C)CC[C@H]2[C@]1(C)CC[C@@H](OC(C)=O)[C@]2(C)C(=O)O. The maximum atomic E-state index is 12.3. The van der Waals surface area contributed by atoms with Crippen LogP contribution in [-0.4, -0.2) is 23.1 Å². The van der Waals surface area contributed by atoms with Gasteiger partial charge in [0, 0.05) is 6.92 Å². The van der Waals surface area contributed by atoms with Crippen LogP contribution in [0, 0.1) is 22.7 Å². The summed E-state index contributed by atoms with van der Waals surface area (Å²) in [6.07, 6.45) is 5.95. The van der Waals surface area contributed by atoms with E-state index in [4.69, 9.17) is 4.74 Å². The number of carbonyl (C=O) groups excluding carboxylic acids is 1. The number of fused-ring (bicyclic) bond motifs is 1. The molecule has 0 spiro atoms. The Balaban J connectivity index is 2.39. The Morgan fingerprint density at radius 2 is 2.00 bits per heavy atom. The number of hydrogen-bond acceptors (Lipinski definition) is 3. The highest BCUT2D eigenvalue weighted by Crippen LogP contribution is 2.62. The second-order valence-electron chi connectivity index (χ2n) is 8.43. The van der Waals surface area contributed by atoms with Gasteiger partial charge < -0.3 is 9.84 Å². The van der Waals surface area contributed by atoms with Crippen molar-refractivity contribution in [3.8, 4) is 0 Å². The summed E-state index contributed by atoms with van der Waals surface area (Å²) >= 11 is 0. The van der Waals surface area contributed by atoms with Crippen molar-refractivity contribution in [1.82, 2.24) is 0 Å². The standard InChI is InChI=1S/C22H32O4/c1-7-14(2)8-10-17-15(3)9-11-18-21(17,5)13-12-19(26-16(4)23)22(18,6)20(24)25/h7,17-19H,1-3,8-13H2,4-6H3,(H,24,25)/t17-,18-,19+,21+,22+/m0/s1. The van der Waals surface area contributed by atoms with Crippen LogP contribution in [0.25, 0.3) is 0 Å². The van der Waals surface area contributed by atoms with Crippen molar-refractivity contribution in [2.24, 2.45) is 22.7 Å². The van der Waals surface area contributed by atoms with Gasteiger partial charge in [-0.1, -0.05) is 43.9 Å². The van der Waals surface area contributed by atoms with Crippen molar-refractivity contribution in [1.29, 1.82) is 0 Å². The van der Waals surface area contributed by atoms with Gasteiger partial charge in [-0.05, 0) is 62.7 Å². The molecule has 0 aromatic carbocycles. The highest BCUT2D eigenvalue weighted by molar-refractivity contribution is 5.77. The van der Waals surface area contributed by atoms with Gasteiger partial charge in [-0.25, -0.2) is 0 Å². The predicted octanol–water partition coefficient (Wildman–Crippen LogP) is 4.91. The Labute approximate surface area is 157 Å². The largest absolute Gasteiger partial charge is 0.481 e. The lowest BCUT2D eigenvalue weighted by Gasteiger charge is -2.59. The molecule has 2 aliphatic carbocycles. The van der Waals surface area contributed by atoms with E-state index >= 15 is 0 Å².